The largest absolute Gasteiger partial charge is 0.317 e. The van der Waals surface area contributed by atoms with E-state index in [1.54, 1.807) is 0 Å². The van der Waals surface area contributed by atoms with Crippen molar-refractivity contribution in [2.75, 3.05) is 5.43 Å². The van der Waals surface area contributed by atoms with Gasteiger partial charge in [-0.2, -0.15) is 5.10 Å². The van der Waals surface area contributed by atoms with Gasteiger partial charge in [-0.3, -0.25) is 0 Å². The van der Waals surface area contributed by atoms with E-state index in [4.69, 9.17) is 12.2 Å². The van der Waals surface area contributed by atoms with Gasteiger partial charge >= 0.3 is 0 Å². The molecule has 0 bridgehead atoms. The lowest BCUT2D eigenvalue weighted by molar-refractivity contribution is 0.828. The fraction of sp³-hybridized carbons (Fsp3) is 0.125. The maximum atomic E-state index is 5.30. The highest BCUT2D eigenvalue weighted by molar-refractivity contribution is 7.71. The van der Waals surface area contributed by atoms with Crippen molar-refractivity contribution in [3.8, 4) is 11.4 Å². The Morgan fingerprint density at radius 2 is 1.81 bits per heavy atom. The Balaban J connectivity index is 1.88. The lowest BCUT2D eigenvalue weighted by atomic mass is 10.1. The van der Waals surface area contributed by atoms with E-state index in [-0.39, 0.29) is 0 Å². The quantitative estimate of drug-likeness (QED) is 0.722. The van der Waals surface area contributed by atoms with Crippen LogP contribution in [0, 0.1) is 11.7 Å². The number of rotatable bonds is 4. The minimum absolute atomic E-state index is 0.558. The van der Waals surface area contributed by atoms with Crippen molar-refractivity contribution in [1.29, 1.82) is 0 Å². The predicted octanol–water partition coefficient (Wildman–Crippen LogP) is 3.66. The van der Waals surface area contributed by atoms with E-state index in [2.05, 4.69) is 34.7 Å². The summed E-state index contributed by atoms with van der Waals surface area (Å²) in [6.45, 7) is 2.80. The number of hydrogen-bond donors (Lipinski definition) is 2. The Morgan fingerprint density at radius 1 is 1.10 bits per heavy atom. The molecule has 0 atom stereocenters. The zero-order valence-corrected chi connectivity index (χ0v) is 12.5. The first-order valence-electron chi connectivity index (χ1n) is 6.77. The van der Waals surface area contributed by atoms with Crippen LogP contribution in [0.4, 0.5) is 0 Å². The van der Waals surface area contributed by atoms with E-state index in [1.807, 2.05) is 47.1 Å². The van der Waals surface area contributed by atoms with E-state index in [1.165, 1.54) is 11.1 Å². The van der Waals surface area contributed by atoms with Gasteiger partial charge in [-0.25, -0.2) is 9.77 Å². The molecule has 0 fully saturated rings. The number of aromatic nitrogens is 3. The summed E-state index contributed by atoms with van der Waals surface area (Å²) in [6, 6.07) is 18.3. The van der Waals surface area contributed by atoms with Crippen LogP contribution in [-0.2, 0) is 6.54 Å². The first-order chi connectivity index (χ1) is 10.3. The molecule has 0 radical (unpaired) electrons. The molecule has 0 amide bonds. The molecule has 3 aromatic rings. The Hall–Kier alpha value is -2.40. The van der Waals surface area contributed by atoms with Crippen LogP contribution in [-0.4, -0.2) is 14.9 Å². The molecule has 4 nitrogen and oxygen atoms in total. The standard InChI is InChI=1S/C16H16N4S/c1-12-7-5-6-10-14(12)11-17-20-15(18-19-16(20)21)13-8-3-2-4-9-13/h2-10,17H,11H2,1H3,(H,19,21). The van der Waals surface area contributed by atoms with Crippen LogP contribution >= 0.6 is 12.2 Å². The molecule has 2 aromatic carbocycles. The van der Waals surface area contributed by atoms with Crippen molar-refractivity contribution < 1.29 is 0 Å². The number of nitrogens with zero attached hydrogens (tertiary/aromatic N) is 2. The minimum atomic E-state index is 0.558. The zero-order chi connectivity index (χ0) is 14.7. The molecule has 1 aromatic heterocycles. The first-order valence-corrected chi connectivity index (χ1v) is 7.18. The molecule has 0 aliphatic heterocycles. The highest BCUT2D eigenvalue weighted by Gasteiger charge is 2.08. The summed E-state index contributed by atoms with van der Waals surface area (Å²) in [5.41, 5.74) is 6.84. The number of H-pyrrole nitrogens is 1. The average Bonchev–Trinajstić information content (AvgIpc) is 2.88. The summed E-state index contributed by atoms with van der Waals surface area (Å²) < 4.78 is 2.37. The predicted molar refractivity (Wildman–Crippen MR) is 87.1 cm³/mol. The fourth-order valence-corrected chi connectivity index (χ4v) is 2.39. The second kappa shape index (κ2) is 5.93. The van der Waals surface area contributed by atoms with Crippen LogP contribution < -0.4 is 5.43 Å². The fourth-order valence-electron chi connectivity index (χ4n) is 2.20. The Labute approximate surface area is 128 Å². The molecule has 21 heavy (non-hydrogen) atoms. The van der Waals surface area contributed by atoms with E-state index in [0.29, 0.717) is 11.3 Å². The molecule has 0 unspecified atom stereocenters. The van der Waals surface area contributed by atoms with E-state index >= 15 is 0 Å². The van der Waals surface area contributed by atoms with Crippen LogP contribution in [0.15, 0.2) is 54.6 Å². The highest BCUT2D eigenvalue weighted by Crippen LogP contribution is 2.16. The van der Waals surface area contributed by atoms with Gasteiger partial charge in [0.15, 0.2) is 5.82 Å². The first kappa shape index (κ1) is 13.6. The Bertz CT molecular complexity index is 789. The van der Waals surface area contributed by atoms with Gasteiger partial charge in [0.05, 0.1) is 6.54 Å². The summed E-state index contributed by atoms with van der Waals surface area (Å²) in [4.78, 5) is 0. The van der Waals surface area contributed by atoms with E-state index < -0.39 is 0 Å². The second-order valence-electron chi connectivity index (χ2n) is 4.82. The minimum Gasteiger partial charge on any atom is -0.317 e. The van der Waals surface area contributed by atoms with Crippen molar-refractivity contribution in [3.05, 3.63) is 70.5 Å². The molecule has 5 heteroatoms. The number of aromatic amines is 1. The van der Waals surface area contributed by atoms with Crippen LogP contribution in [0.25, 0.3) is 11.4 Å². The second-order valence-corrected chi connectivity index (χ2v) is 5.20. The van der Waals surface area contributed by atoms with Gasteiger partial charge in [0.2, 0.25) is 4.77 Å². The molecule has 3 rings (SSSR count). The topological polar surface area (TPSA) is 45.6 Å². The summed E-state index contributed by atoms with van der Waals surface area (Å²) in [5.74, 6) is 0.786. The summed E-state index contributed by atoms with van der Waals surface area (Å²) in [5, 5.41) is 7.14. The smallest absolute Gasteiger partial charge is 0.214 e. The Morgan fingerprint density at radius 3 is 2.57 bits per heavy atom. The monoisotopic (exact) mass is 296 g/mol. The molecule has 0 aliphatic carbocycles. The highest BCUT2D eigenvalue weighted by atomic mass is 32.1. The molecular weight excluding hydrogens is 280 g/mol. The Kier molecular flexibility index (Phi) is 3.83. The zero-order valence-electron chi connectivity index (χ0n) is 11.7. The lowest BCUT2D eigenvalue weighted by Gasteiger charge is -2.11. The molecule has 2 N–H and O–H groups in total. The van der Waals surface area contributed by atoms with Crippen molar-refractivity contribution >= 4 is 12.2 Å². The van der Waals surface area contributed by atoms with Crippen LogP contribution in [0.5, 0.6) is 0 Å². The van der Waals surface area contributed by atoms with Gasteiger partial charge in [0, 0.05) is 5.56 Å². The number of aryl methyl sites for hydroxylation is 1. The molecule has 1 heterocycles. The number of benzene rings is 2. The van der Waals surface area contributed by atoms with E-state index in [0.717, 1.165) is 11.4 Å². The van der Waals surface area contributed by atoms with Gasteiger partial charge in [-0.05, 0) is 30.3 Å². The molecule has 0 saturated carbocycles. The van der Waals surface area contributed by atoms with Crippen LogP contribution in [0.2, 0.25) is 0 Å². The molecule has 0 saturated heterocycles. The van der Waals surface area contributed by atoms with Gasteiger partial charge in [-0.15, -0.1) is 0 Å². The summed E-state index contributed by atoms with van der Waals surface area (Å²) in [7, 11) is 0. The number of nitrogens with one attached hydrogen (secondary N) is 2. The van der Waals surface area contributed by atoms with E-state index in [9.17, 15) is 0 Å². The van der Waals surface area contributed by atoms with Crippen molar-refractivity contribution in [2.45, 2.75) is 13.5 Å². The van der Waals surface area contributed by atoms with Crippen LogP contribution in [0.3, 0.4) is 0 Å². The lowest BCUT2D eigenvalue weighted by Crippen LogP contribution is -2.16. The molecule has 0 spiro atoms. The average molecular weight is 296 g/mol. The van der Waals surface area contributed by atoms with Gasteiger partial charge < -0.3 is 5.43 Å². The van der Waals surface area contributed by atoms with Gasteiger partial charge in [0.1, 0.15) is 0 Å². The van der Waals surface area contributed by atoms with Crippen LogP contribution in [0.1, 0.15) is 11.1 Å². The van der Waals surface area contributed by atoms with Gasteiger partial charge in [0.25, 0.3) is 0 Å². The SMILES string of the molecule is Cc1ccccc1CNn1c(-c2ccccc2)n[nH]c1=S. The third kappa shape index (κ3) is 2.87. The molecule has 0 aliphatic rings. The van der Waals surface area contributed by atoms with Crippen molar-refractivity contribution in [3.63, 3.8) is 0 Å². The van der Waals surface area contributed by atoms with Gasteiger partial charge in [-0.1, -0.05) is 54.6 Å². The summed E-state index contributed by atoms with van der Waals surface area (Å²) in [6.07, 6.45) is 0. The summed E-state index contributed by atoms with van der Waals surface area (Å²) >= 11 is 5.30. The van der Waals surface area contributed by atoms with Crippen molar-refractivity contribution in [2.24, 2.45) is 0 Å². The third-order valence-electron chi connectivity index (χ3n) is 3.39. The number of hydrogen-bond acceptors (Lipinski definition) is 3. The van der Waals surface area contributed by atoms with Crippen molar-refractivity contribution in [1.82, 2.24) is 14.9 Å². The molecule has 106 valence electrons. The normalized spacial score (nSPS) is 10.5. The molecular formula is C16H16N4S. The third-order valence-corrected chi connectivity index (χ3v) is 3.67. The maximum absolute atomic E-state index is 5.30. The maximum Gasteiger partial charge on any atom is 0.214 e.